The topological polar surface area (TPSA) is 52.5 Å². The number of fused-ring (bicyclic) bond motifs is 1. The van der Waals surface area contributed by atoms with Crippen LogP contribution in [-0.2, 0) is 0 Å². The highest BCUT2D eigenvalue weighted by atomic mass is 14.9. The molecule has 4 rings (SSSR count). The summed E-state index contributed by atoms with van der Waals surface area (Å²) in [4.78, 5) is 7.07. The predicted molar refractivity (Wildman–Crippen MR) is 92.7 cm³/mol. The van der Waals surface area contributed by atoms with E-state index in [9.17, 15) is 0 Å². The van der Waals surface area contributed by atoms with Crippen LogP contribution in [0.2, 0.25) is 0 Å². The molecule has 0 unspecified atom stereocenters. The number of nitrogens with zero attached hydrogens (tertiary/aromatic N) is 2. The van der Waals surface area contributed by atoms with Crippen molar-refractivity contribution in [3.63, 3.8) is 0 Å². The molecular formula is C20H15N3. The standard InChI is InChI=1S/C13H9N.C7H6N2/c14-10-12-8-4-5-9-13(12)11-6-2-1-3-7-11;1-2-4-7-6(3-1)8-5-9-7/h1-9H;1-5H,(H,8,9). The lowest BCUT2D eigenvalue weighted by Gasteiger charge is -2.02. The van der Waals surface area contributed by atoms with Gasteiger partial charge in [-0.25, -0.2) is 4.98 Å². The van der Waals surface area contributed by atoms with Crippen molar-refractivity contribution in [1.29, 1.82) is 5.26 Å². The van der Waals surface area contributed by atoms with Gasteiger partial charge in [-0.1, -0.05) is 60.7 Å². The highest BCUT2D eigenvalue weighted by Gasteiger charge is 2.01. The zero-order valence-electron chi connectivity index (χ0n) is 12.5. The summed E-state index contributed by atoms with van der Waals surface area (Å²) in [6.07, 6.45) is 1.70. The van der Waals surface area contributed by atoms with Gasteiger partial charge in [0.25, 0.3) is 0 Å². The quantitative estimate of drug-likeness (QED) is 0.549. The Kier molecular flexibility index (Phi) is 4.47. The van der Waals surface area contributed by atoms with Gasteiger partial charge in [-0.05, 0) is 29.3 Å². The number of nitrogens with one attached hydrogen (secondary N) is 1. The average Bonchev–Trinajstić information content (AvgIpc) is 3.12. The van der Waals surface area contributed by atoms with E-state index < -0.39 is 0 Å². The monoisotopic (exact) mass is 297 g/mol. The zero-order chi connectivity index (χ0) is 15.9. The molecule has 0 fully saturated rings. The van der Waals surface area contributed by atoms with Gasteiger partial charge in [0, 0.05) is 0 Å². The lowest BCUT2D eigenvalue weighted by atomic mass is 10.0. The minimum absolute atomic E-state index is 0.721. The minimum Gasteiger partial charge on any atom is -0.345 e. The van der Waals surface area contributed by atoms with E-state index in [1.807, 2.05) is 78.9 Å². The Labute approximate surface area is 134 Å². The number of para-hydroxylation sites is 2. The molecular weight excluding hydrogens is 282 g/mol. The Bertz CT molecular complexity index is 903. The SMILES string of the molecule is N#Cc1ccccc1-c1ccccc1.c1ccc2[nH]cnc2c1. The zero-order valence-corrected chi connectivity index (χ0v) is 12.5. The summed E-state index contributed by atoms with van der Waals surface area (Å²) in [6.45, 7) is 0. The molecule has 1 aromatic heterocycles. The number of hydrogen-bond acceptors (Lipinski definition) is 2. The van der Waals surface area contributed by atoms with Gasteiger partial charge in [0.15, 0.2) is 0 Å². The molecule has 0 aliphatic rings. The van der Waals surface area contributed by atoms with Crippen molar-refractivity contribution in [2.45, 2.75) is 0 Å². The fourth-order valence-electron chi connectivity index (χ4n) is 2.33. The maximum atomic E-state index is 8.93. The third-order valence-electron chi connectivity index (χ3n) is 3.46. The predicted octanol–water partition coefficient (Wildman–Crippen LogP) is 4.79. The van der Waals surface area contributed by atoms with Crippen LogP contribution in [0.3, 0.4) is 0 Å². The van der Waals surface area contributed by atoms with Crippen LogP contribution in [0.4, 0.5) is 0 Å². The van der Waals surface area contributed by atoms with Gasteiger partial charge < -0.3 is 4.98 Å². The van der Waals surface area contributed by atoms with Gasteiger partial charge in [-0.3, -0.25) is 0 Å². The van der Waals surface area contributed by atoms with E-state index >= 15 is 0 Å². The number of imidazole rings is 1. The second-order valence-electron chi connectivity index (χ2n) is 4.94. The van der Waals surface area contributed by atoms with E-state index in [1.54, 1.807) is 6.33 Å². The number of hydrogen-bond donors (Lipinski definition) is 1. The highest BCUT2D eigenvalue weighted by molar-refractivity contribution is 5.73. The number of aromatic amines is 1. The molecule has 0 aliphatic heterocycles. The fourth-order valence-corrected chi connectivity index (χ4v) is 2.33. The van der Waals surface area contributed by atoms with E-state index in [0.29, 0.717) is 0 Å². The Morgan fingerprint density at radius 2 is 1.48 bits per heavy atom. The summed E-state index contributed by atoms with van der Waals surface area (Å²) in [6, 6.07) is 27.7. The van der Waals surface area contributed by atoms with E-state index in [0.717, 1.165) is 27.7 Å². The molecule has 1 N–H and O–H groups in total. The molecule has 3 heteroatoms. The average molecular weight is 297 g/mol. The Morgan fingerprint density at radius 1 is 0.783 bits per heavy atom. The first-order chi connectivity index (χ1) is 11.4. The molecule has 0 radical (unpaired) electrons. The van der Waals surface area contributed by atoms with Crippen LogP contribution in [0.15, 0.2) is 85.2 Å². The summed E-state index contributed by atoms with van der Waals surface area (Å²) in [7, 11) is 0. The molecule has 0 spiro atoms. The van der Waals surface area contributed by atoms with Gasteiger partial charge in [-0.15, -0.1) is 0 Å². The molecule has 3 nitrogen and oxygen atoms in total. The molecule has 4 aromatic rings. The van der Waals surface area contributed by atoms with Crippen molar-refractivity contribution >= 4 is 11.0 Å². The van der Waals surface area contributed by atoms with Crippen molar-refractivity contribution in [1.82, 2.24) is 9.97 Å². The van der Waals surface area contributed by atoms with E-state index in [2.05, 4.69) is 16.0 Å². The van der Waals surface area contributed by atoms with Crippen molar-refractivity contribution in [2.24, 2.45) is 0 Å². The summed E-state index contributed by atoms with van der Waals surface area (Å²) in [5.74, 6) is 0. The number of nitriles is 1. The molecule has 0 atom stereocenters. The van der Waals surface area contributed by atoms with Crippen LogP contribution in [0.1, 0.15) is 5.56 Å². The van der Waals surface area contributed by atoms with Gasteiger partial charge >= 0.3 is 0 Å². The van der Waals surface area contributed by atoms with Crippen LogP contribution in [0, 0.1) is 11.3 Å². The van der Waals surface area contributed by atoms with Crippen molar-refractivity contribution in [3.8, 4) is 17.2 Å². The highest BCUT2D eigenvalue weighted by Crippen LogP contribution is 2.22. The summed E-state index contributed by atoms with van der Waals surface area (Å²) >= 11 is 0. The van der Waals surface area contributed by atoms with Crippen LogP contribution in [-0.4, -0.2) is 9.97 Å². The number of benzene rings is 3. The van der Waals surface area contributed by atoms with Crippen molar-refractivity contribution in [2.75, 3.05) is 0 Å². The summed E-state index contributed by atoms with van der Waals surface area (Å²) in [5.41, 5.74) is 4.92. The Balaban J connectivity index is 0.000000149. The molecule has 110 valence electrons. The first-order valence-corrected chi connectivity index (χ1v) is 7.31. The normalized spacial score (nSPS) is 9.70. The van der Waals surface area contributed by atoms with Crippen molar-refractivity contribution < 1.29 is 0 Å². The van der Waals surface area contributed by atoms with Crippen LogP contribution in [0.5, 0.6) is 0 Å². The molecule has 3 aromatic carbocycles. The maximum absolute atomic E-state index is 8.93. The molecule has 1 heterocycles. The summed E-state index contributed by atoms with van der Waals surface area (Å²) < 4.78 is 0. The number of aromatic nitrogens is 2. The summed E-state index contributed by atoms with van der Waals surface area (Å²) in [5, 5.41) is 8.93. The third kappa shape index (κ3) is 3.45. The first kappa shape index (κ1) is 14.6. The van der Waals surface area contributed by atoms with E-state index in [1.165, 1.54) is 0 Å². The smallest absolute Gasteiger partial charge is 0.0998 e. The molecule has 0 aliphatic carbocycles. The first-order valence-electron chi connectivity index (χ1n) is 7.31. The van der Waals surface area contributed by atoms with Crippen LogP contribution >= 0.6 is 0 Å². The molecule has 0 saturated heterocycles. The second-order valence-corrected chi connectivity index (χ2v) is 4.94. The lowest BCUT2D eigenvalue weighted by Crippen LogP contribution is -1.82. The van der Waals surface area contributed by atoms with Gasteiger partial charge in [0.1, 0.15) is 0 Å². The van der Waals surface area contributed by atoms with Crippen LogP contribution < -0.4 is 0 Å². The Morgan fingerprint density at radius 3 is 2.26 bits per heavy atom. The van der Waals surface area contributed by atoms with Gasteiger partial charge in [-0.2, -0.15) is 5.26 Å². The lowest BCUT2D eigenvalue weighted by molar-refractivity contribution is 1.34. The third-order valence-corrected chi connectivity index (χ3v) is 3.46. The van der Waals surface area contributed by atoms with Gasteiger partial charge in [0.05, 0.1) is 29.0 Å². The van der Waals surface area contributed by atoms with E-state index in [4.69, 9.17) is 5.26 Å². The van der Waals surface area contributed by atoms with E-state index in [-0.39, 0.29) is 0 Å². The van der Waals surface area contributed by atoms with Crippen molar-refractivity contribution in [3.05, 3.63) is 90.8 Å². The molecule has 0 amide bonds. The fraction of sp³-hybridized carbons (Fsp3) is 0. The number of H-pyrrole nitrogens is 1. The molecule has 0 bridgehead atoms. The number of rotatable bonds is 1. The van der Waals surface area contributed by atoms with Crippen LogP contribution in [0.25, 0.3) is 22.2 Å². The second kappa shape index (κ2) is 7.06. The largest absolute Gasteiger partial charge is 0.345 e. The molecule has 0 saturated carbocycles. The minimum atomic E-state index is 0.721. The molecule has 23 heavy (non-hydrogen) atoms. The Hall–Kier alpha value is -3.38. The van der Waals surface area contributed by atoms with Gasteiger partial charge in [0.2, 0.25) is 0 Å². The maximum Gasteiger partial charge on any atom is 0.0998 e.